The molecular weight excluding hydrogens is 270 g/mol. The summed E-state index contributed by atoms with van der Waals surface area (Å²) >= 11 is 1.69. The van der Waals surface area contributed by atoms with Gasteiger partial charge < -0.3 is 15.5 Å². The third-order valence-corrected chi connectivity index (χ3v) is 4.81. The Morgan fingerprint density at radius 3 is 3.00 bits per heavy atom. The molecule has 1 fully saturated rings. The minimum Gasteiger partial charge on any atom is -0.353 e. The number of hydrogen-bond donors (Lipinski definition) is 1. The predicted molar refractivity (Wildman–Crippen MR) is 84.7 cm³/mol. The largest absolute Gasteiger partial charge is 0.353 e. The normalized spacial score (nSPS) is 21.2. The van der Waals surface area contributed by atoms with Crippen molar-refractivity contribution in [2.45, 2.75) is 31.8 Å². The first-order valence-electron chi connectivity index (χ1n) is 7.17. The molecule has 0 bridgehead atoms. The minimum atomic E-state index is 0.154. The molecule has 2 unspecified atom stereocenters. The van der Waals surface area contributed by atoms with E-state index in [1.807, 2.05) is 0 Å². The lowest BCUT2D eigenvalue weighted by molar-refractivity contribution is 0.315. The van der Waals surface area contributed by atoms with Crippen LogP contribution in [0.4, 0.5) is 5.82 Å². The maximum atomic E-state index is 6.02. The van der Waals surface area contributed by atoms with Crippen LogP contribution >= 0.6 is 11.3 Å². The quantitative estimate of drug-likeness (QED) is 0.926. The van der Waals surface area contributed by atoms with Crippen LogP contribution in [-0.4, -0.2) is 53.6 Å². The summed E-state index contributed by atoms with van der Waals surface area (Å²) in [5.41, 5.74) is 7.28. The molecule has 1 aliphatic rings. The van der Waals surface area contributed by atoms with Gasteiger partial charge >= 0.3 is 0 Å². The molecule has 0 spiro atoms. The summed E-state index contributed by atoms with van der Waals surface area (Å²) in [5.74, 6) is 1.14. The lowest BCUT2D eigenvalue weighted by atomic mass is 10.2. The molecule has 6 heteroatoms. The number of fused-ring (bicyclic) bond motifs is 1. The Morgan fingerprint density at radius 2 is 2.35 bits per heavy atom. The fraction of sp³-hybridized carbons (Fsp3) is 0.643. The average molecular weight is 293 g/mol. The van der Waals surface area contributed by atoms with E-state index in [9.17, 15) is 0 Å². The summed E-state index contributed by atoms with van der Waals surface area (Å²) < 4.78 is 2.20. The van der Waals surface area contributed by atoms with E-state index < -0.39 is 0 Å². The highest BCUT2D eigenvalue weighted by molar-refractivity contribution is 7.15. The Bertz CT molecular complexity index is 585. The van der Waals surface area contributed by atoms with Gasteiger partial charge in [-0.05, 0) is 27.4 Å². The molecular formula is C14H23N5S. The van der Waals surface area contributed by atoms with Crippen molar-refractivity contribution < 1.29 is 0 Å². The molecule has 2 aromatic heterocycles. The number of thiazole rings is 1. The van der Waals surface area contributed by atoms with Gasteiger partial charge in [0.25, 0.3) is 0 Å². The van der Waals surface area contributed by atoms with Crippen molar-refractivity contribution in [2.24, 2.45) is 5.73 Å². The fourth-order valence-electron chi connectivity index (χ4n) is 2.92. The molecule has 2 N–H and O–H groups in total. The lowest BCUT2D eigenvalue weighted by Crippen LogP contribution is -2.32. The summed E-state index contributed by atoms with van der Waals surface area (Å²) in [6.45, 7) is 4.20. The molecule has 0 aromatic carbocycles. The second-order valence-corrected chi connectivity index (χ2v) is 6.84. The topological polar surface area (TPSA) is 49.8 Å². The van der Waals surface area contributed by atoms with Crippen molar-refractivity contribution in [2.75, 3.05) is 32.1 Å². The number of nitrogens with zero attached hydrogens (tertiary/aromatic N) is 4. The van der Waals surface area contributed by atoms with Crippen LogP contribution in [0.2, 0.25) is 0 Å². The van der Waals surface area contributed by atoms with E-state index in [4.69, 9.17) is 10.7 Å². The zero-order valence-corrected chi connectivity index (χ0v) is 13.2. The zero-order chi connectivity index (χ0) is 14.3. The van der Waals surface area contributed by atoms with Gasteiger partial charge in [-0.25, -0.2) is 4.98 Å². The highest BCUT2D eigenvalue weighted by Gasteiger charge is 2.28. The van der Waals surface area contributed by atoms with E-state index >= 15 is 0 Å². The molecule has 3 heterocycles. The number of likely N-dealkylation sites (N-methyl/N-ethyl adjacent to an activating group) is 1. The molecule has 110 valence electrons. The van der Waals surface area contributed by atoms with Crippen LogP contribution in [0.25, 0.3) is 4.96 Å². The molecule has 2 aromatic rings. The molecule has 3 rings (SSSR count). The highest BCUT2D eigenvalue weighted by atomic mass is 32.1. The first-order chi connectivity index (χ1) is 9.56. The molecule has 1 aliphatic heterocycles. The molecule has 5 nitrogen and oxygen atoms in total. The van der Waals surface area contributed by atoms with E-state index in [0.717, 1.165) is 30.3 Å². The van der Waals surface area contributed by atoms with E-state index in [1.165, 1.54) is 12.1 Å². The Morgan fingerprint density at radius 1 is 1.55 bits per heavy atom. The molecule has 20 heavy (non-hydrogen) atoms. The van der Waals surface area contributed by atoms with E-state index in [2.05, 4.69) is 46.8 Å². The van der Waals surface area contributed by atoms with Gasteiger partial charge in [0, 0.05) is 43.2 Å². The van der Waals surface area contributed by atoms with Crippen LogP contribution in [0.3, 0.4) is 0 Å². The van der Waals surface area contributed by atoms with Crippen molar-refractivity contribution in [1.82, 2.24) is 14.3 Å². The van der Waals surface area contributed by atoms with Gasteiger partial charge in [-0.1, -0.05) is 0 Å². The third kappa shape index (κ3) is 2.43. The summed E-state index contributed by atoms with van der Waals surface area (Å²) in [4.78, 5) is 10.6. The summed E-state index contributed by atoms with van der Waals surface area (Å²) in [7, 11) is 4.31. The van der Waals surface area contributed by atoms with E-state index in [0.29, 0.717) is 6.04 Å². The van der Waals surface area contributed by atoms with Crippen LogP contribution in [0.15, 0.2) is 11.6 Å². The van der Waals surface area contributed by atoms with Crippen LogP contribution in [0, 0.1) is 0 Å². The Labute approximate surface area is 124 Å². The van der Waals surface area contributed by atoms with Gasteiger partial charge in [0.2, 0.25) is 0 Å². The van der Waals surface area contributed by atoms with Gasteiger partial charge in [0.15, 0.2) is 10.8 Å². The predicted octanol–water partition coefficient (Wildman–Crippen LogP) is 1.43. The monoisotopic (exact) mass is 293 g/mol. The second-order valence-electron chi connectivity index (χ2n) is 5.97. The Hall–Kier alpha value is -1.11. The number of hydrogen-bond acceptors (Lipinski definition) is 5. The van der Waals surface area contributed by atoms with Crippen LogP contribution in [-0.2, 0) is 6.42 Å². The van der Waals surface area contributed by atoms with Gasteiger partial charge in [0.05, 0.1) is 5.69 Å². The van der Waals surface area contributed by atoms with Crippen LogP contribution in [0.5, 0.6) is 0 Å². The second kappa shape index (κ2) is 5.35. The van der Waals surface area contributed by atoms with Gasteiger partial charge in [-0.3, -0.25) is 4.40 Å². The number of nitrogens with two attached hydrogens (primary N) is 1. The van der Waals surface area contributed by atoms with Crippen molar-refractivity contribution in [3.05, 3.63) is 17.3 Å². The summed E-state index contributed by atoms with van der Waals surface area (Å²) in [5, 5.41) is 2.09. The van der Waals surface area contributed by atoms with Crippen molar-refractivity contribution in [3.8, 4) is 0 Å². The van der Waals surface area contributed by atoms with Crippen molar-refractivity contribution >= 4 is 22.1 Å². The summed E-state index contributed by atoms with van der Waals surface area (Å²) in [6, 6.07) is 0.777. The van der Waals surface area contributed by atoms with E-state index in [-0.39, 0.29) is 6.04 Å². The molecule has 0 radical (unpaired) electrons. The average Bonchev–Trinajstić information content (AvgIpc) is 3.04. The maximum Gasteiger partial charge on any atom is 0.195 e. The number of rotatable bonds is 4. The van der Waals surface area contributed by atoms with Gasteiger partial charge in [0.1, 0.15) is 0 Å². The smallest absolute Gasteiger partial charge is 0.195 e. The standard InChI is InChI=1S/C14H23N5S/c1-10(15)8-12-13(16-14-19(12)6-7-20-14)18-5-4-11(9-18)17(2)3/h6-7,10-11H,4-5,8-9,15H2,1-3H3. The number of aromatic nitrogens is 2. The zero-order valence-electron chi connectivity index (χ0n) is 12.4. The van der Waals surface area contributed by atoms with Gasteiger partial charge in [-0.2, -0.15) is 0 Å². The highest BCUT2D eigenvalue weighted by Crippen LogP contribution is 2.29. The van der Waals surface area contributed by atoms with Crippen LogP contribution in [0.1, 0.15) is 19.0 Å². The first kappa shape index (κ1) is 13.9. The maximum absolute atomic E-state index is 6.02. The van der Waals surface area contributed by atoms with Crippen LogP contribution < -0.4 is 10.6 Å². The minimum absolute atomic E-state index is 0.154. The molecule has 1 saturated heterocycles. The van der Waals surface area contributed by atoms with Crippen molar-refractivity contribution in [1.29, 1.82) is 0 Å². The first-order valence-corrected chi connectivity index (χ1v) is 8.05. The molecule has 0 saturated carbocycles. The van der Waals surface area contributed by atoms with Crippen molar-refractivity contribution in [3.63, 3.8) is 0 Å². The number of anilines is 1. The molecule has 2 atom stereocenters. The Kier molecular flexibility index (Phi) is 3.70. The number of imidazole rings is 1. The van der Waals surface area contributed by atoms with Gasteiger partial charge in [-0.15, -0.1) is 11.3 Å². The fourth-order valence-corrected chi connectivity index (χ4v) is 3.65. The van der Waals surface area contributed by atoms with E-state index in [1.54, 1.807) is 11.3 Å². The molecule has 0 amide bonds. The Balaban J connectivity index is 1.92. The summed E-state index contributed by atoms with van der Waals surface area (Å²) in [6.07, 6.45) is 4.18. The third-order valence-electron chi connectivity index (χ3n) is 4.05. The lowest BCUT2D eigenvalue weighted by Gasteiger charge is -2.21. The SMILES string of the molecule is CC(N)Cc1c(N2CCC(N(C)C)C2)nc2sccn12. The molecule has 0 aliphatic carbocycles.